The van der Waals surface area contributed by atoms with Crippen molar-refractivity contribution in [2.45, 2.75) is 31.8 Å². The first-order valence-corrected chi connectivity index (χ1v) is 11.3. The van der Waals surface area contributed by atoms with Gasteiger partial charge >= 0.3 is 0 Å². The molecule has 0 bridgehead atoms. The third-order valence-corrected chi connectivity index (χ3v) is 5.75. The second kappa shape index (κ2) is 15.1. The summed E-state index contributed by atoms with van der Waals surface area (Å²) in [5, 5.41) is 6.54. The predicted octanol–water partition coefficient (Wildman–Crippen LogP) is 3.84. The van der Waals surface area contributed by atoms with Crippen molar-refractivity contribution in [3.63, 3.8) is 0 Å². The minimum Gasteiger partial charge on any atom is -0.492 e. The van der Waals surface area contributed by atoms with E-state index in [0.29, 0.717) is 43.7 Å². The van der Waals surface area contributed by atoms with Gasteiger partial charge in [-0.2, -0.15) is 0 Å². The van der Waals surface area contributed by atoms with Crippen LogP contribution in [0.1, 0.15) is 24.0 Å². The summed E-state index contributed by atoms with van der Waals surface area (Å²) >= 11 is 0. The third-order valence-electron chi connectivity index (χ3n) is 5.75. The molecule has 0 aliphatic carbocycles. The van der Waals surface area contributed by atoms with E-state index in [1.165, 1.54) is 6.07 Å². The average molecular weight is 570 g/mol. The number of hydrogen-bond donors (Lipinski definition) is 2. The van der Waals surface area contributed by atoms with Crippen molar-refractivity contribution >= 4 is 29.9 Å². The Balaban J connectivity index is 0.00000385. The second-order valence-electron chi connectivity index (χ2n) is 8.01. The standard InChI is InChI=1S/C25H35FN4O2.HI/c1-27-25(28-13-10-21-7-3-4-9-24(21)26)29-19-20-6-5-8-23(18-20)32-17-14-30(2)22-11-15-31-16-12-22;/h3-9,18,22H,10-17,19H2,1-2H3,(H2,27,28,29);1H. The molecule has 0 saturated carbocycles. The van der Waals surface area contributed by atoms with Gasteiger partial charge in [0.25, 0.3) is 0 Å². The monoisotopic (exact) mass is 570 g/mol. The fraction of sp³-hybridized carbons (Fsp3) is 0.480. The lowest BCUT2D eigenvalue weighted by Gasteiger charge is -2.31. The van der Waals surface area contributed by atoms with Crippen LogP contribution < -0.4 is 15.4 Å². The molecule has 0 unspecified atom stereocenters. The Labute approximate surface area is 214 Å². The maximum atomic E-state index is 13.7. The van der Waals surface area contributed by atoms with E-state index in [1.54, 1.807) is 19.2 Å². The quantitative estimate of drug-likeness (QED) is 0.259. The van der Waals surface area contributed by atoms with Crippen LogP contribution in [0.3, 0.4) is 0 Å². The lowest BCUT2D eigenvalue weighted by molar-refractivity contribution is 0.0392. The van der Waals surface area contributed by atoms with Crippen molar-refractivity contribution in [3.05, 3.63) is 65.5 Å². The van der Waals surface area contributed by atoms with Crippen LogP contribution in [0.25, 0.3) is 0 Å². The first-order valence-electron chi connectivity index (χ1n) is 11.3. The Morgan fingerprint density at radius 1 is 1.15 bits per heavy atom. The molecule has 0 atom stereocenters. The molecule has 2 aromatic rings. The van der Waals surface area contributed by atoms with E-state index in [1.807, 2.05) is 24.3 Å². The van der Waals surface area contributed by atoms with E-state index in [9.17, 15) is 4.39 Å². The molecule has 0 amide bonds. The minimum atomic E-state index is -0.173. The number of rotatable bonds is 10. The largest absolute Gasteiger partial charge is 0.492 e. The maximum absolute atomic E-state index is 13.7. The van der Waals surface area contributed by atoms with Gasteiger partial charge in [-0.05, 0) is 55.6 Å². The van der Waals surface area contributed by atoms with E-state index in [-0.39, 0.29) is 29.8 Å². The number of nitrogens with one attached hydrogen (secondary N) is 2. The van der Waals surface area contributed by atoms with Crippen molar-refractivity contribution in [2.24, 2.45) is 4.99 Å². The molecule has 2 N–H and O–H groups in total. The summed E-state index contributed by atoms with van der Waals surface area (Å²) in [4.78, 5) is 6.61. The molecule has 1 heterocycles. The molecule has 182 valence electrons. The summed E-state index contributed by atoms with van der Waals surface area (Å²) in [6.07, 6.45) is 2.78. The summed E-state index contributed by atoms with van der Waals surface area (Å²) < 4.78 is 25.2. The van der Waals surface area contributed by atoms with Crippen LogP contribution in [0.5, 0.6) is 5.75 Å². The highest BCUT2D eigenvalue weighted by molar-refractivity contribution is 14.0. The topological polar surface area (TPSA) is 58.1 Å². The lowest BCUT2D eigenvalue weighted by Crippen LogP contribution is -2.38. The fourth-order valence-corrected chi connectivity index (χ4v) is 3.78. The smallest absolute Gasteiger partial charge is 0.191 e. The first-order chi connectivity index (χ1) is 15.7. The van der Waals surface area contributed by atoms with Crippen molar-refractivity contribution < 1.29 is 13.9 Å². The molecule has 0 spiro atoms. The SMILES string of the molecule is CN=C(NCCc1ccccc1F)NCc1cccc(OCCN(C)C2CCOCC2)c1.I. The molecule has 6 nitrogen and oxygen atoms in total. The highest BCUT2D eigenvalue weighted by atomic mass is 127. The van der Waals surface area contributed by atoms with Crippen LogP contribution in [-0.4, -0.2) is 63.9 Å². The van der Waals surface area contributed by atoms with Gasteiger partial charge in [-0.25, -0.2) is 4.39 Å². The predicted molar refractivity (Wildman–Crippen MR) is 142 cm³/mol. The highest BCUT2D eigenvalue weighted by Crippen LogP contribution is 2.15. The molecule has 1 aliphatic rings. The van der Waals surface area contributed by atoms with Crippen molar-refractivity contribution in [3.8, 4) is 5.75 Å². The zero-order valence-electron chi connectivity index (χ0n) is 19.6. The van der Waals surface area contributed by atoms with Gasteiger partial charge in [0.1, 0.15) is 18.2 Å². The van der Waals surface area contributed by atoms with Gasteiger partial charge in [-0.1, -0.05) is 30.3 Å². The zero-order chi connectivity index (χ0) is 22.6. The Morgan fingerprint density at radius 2 is 1.94 bits per heavy atom. The van der Waals surface area contributed by atoms with Crippen LogP contribution in [0.2, 0.25) is 0 Å². The normalized spacial score (nSPS) is 14.6. The van der Waals surface area contributed by atoms with Gasteiger partial charge in [-0.3, -0.25) is 9.89 Å². The Bertz CT molecular complexity index is 862. The first kappa shape index (κ1) is 27.3. The molecule has 33 heavy (non-hydrogen) atoms. The molecule has 1 aliphatic heterocycles. The number of nitrogens with zero attached hydrogens (tertiary/aromatic N) is 2. The molecule has 1 fully saturated rings. The summed E-state index contributed by atoms with van der Waals surface area (Å²) in [5.41, 5.74) is 1.81. The minimum absolute atomic E-state index is 0. The number of ether oxygens (including phenoxy) is 2. The van der Waals surface area contributed by atoms with E-state index in [0.717, 1.165) is 43.9 Å². The summed E-state index contributed by atoms with van der Waals surface area (Å²) in [6, 6.07) is 15.5. The maximum Gasteiger partial charge on any atom is 0.191 e. The van der Waals surface area contributed by atoms with Crippen molar-refractivity contribution in [2.75, 3.05) is 47.0 Å². The van der Waals surface area contributed by atoms with Gasteiger partial charge in [0.15, 0.2) is 5.96 Å². The summed E-state index contributed by atoms with van der Waals surface area (Å²) in [6.45, 7) is 4.48. The van der Waals surface area contributed by atoms with Crippen LogP contribution in [0.15, 0.2) is 53.5 Å². The lowest BCUT2D eigenvalue weighted by atomic mass is 10.1. The number of benzene rings is 2. The van der Waals surface area contributed by atoms with Gasteiger partial charge in [0.2, 0.25) is 0 Å². The molecule has 0 radical (unpaired) electrons. The summed E-state index contributed by atoms with van der Waals surface area (Å²) in [5.74, 6) is 1.38. The van der Waals surface area contributed by atoms with Gasteiger partial charge in [0, 0.05) is 45.9 Å². The van der Waals surface area contributed by atoms with Gasteiger partial charge in [0.05, 0.1) is 0 Å². The van der Waals surface area contributed by atoms with Crippen molar-refractivity contribution in [1.29, 1.82) is 0 Å². The van der Waals surface area contributed by atoms with E-state index in [4.69, 9.17) is 9.47 Å². The number of hydrogen-bond acceptors (Lipinski definition) is 4. The zero-order valence-corrected chi connectivity index (χ0v) is 21.9. The molecule has 1 saturated heterocycles. The van der Waals surface area contributed by atoms with Crippen LogP contribution >= 0.6 is 24.0 Å². The molecule has 3 rings (SSSR count). The second-order valence-corrected chi connectivity index (χ2v) is 8.01. The van der Waals surface area contributed by atoms with Crippen molar-refractivity contribution in [1.82, 2.24) is 15.5 Å². The third kappa shape index (κ3) is 9.46. The van der Waals surface area contributed by atoms with E-state index in [2.05, 4.69) is 33.6 Å². The molecular weight excluding hydrogens is 534 g/mol. The van der Waals surface area contributed by atoms with E-state index >= 15 is 0 Å². The number of likely N-dealkylation sites (N-methyl/N-ethyl adjacent to an activating group) is 1. The Kier molecular flexibility index (Phi) is 12.5. The summed E-state index contributed by atoms with van der Waals surface area (Å²) in [7, 11) is 3.89. The molecule has 8 heteroatoms. The molecule has 0 aromatic heterocycles. The highest BCUT2D eigenvalue weighted by Gasteiger charge is 2.17. The Hall–Kier alpha value is -1.91. The van der Waals surface area contributed by atoms with Crippen LogP contribution in [0.4, 0.5) is 4.39 Å². The van der Waals surface area contributed by atoms with E-state index < -0.39 is 0 Å². The van der Waals surface area contributed by atoms with Gasteiger partial charge in [-0.15, -0.1) is 24.0 Å². The van der Waals surface area contributed by atoms with Gasteiger partial charge < -0.3 is 20.1 Å². The molecule has 2 aromatic carbocycles. The number of halogens is 2. The van der Waals surface area contributed by atoms with Crippen LogP contribution in [0, 0.1) is 5.82 Å². The Morgan fingerprint density at radius 3 is 2.70 bits per heavy atom. The fourth-order valence-electron chi connectivity index (χ4n) is 3.78. The van der Waals surface area contributed by atoms with Crippen LogP contribution in [-0.2, 0) is 17.7 Å². The number of aliphatic imine (C=N–C) groups is 1. The molecular formula is C25H36FIN4O2. The average Bonchev–Trinajstić information content (AvgIpc) is 2.83. The number of guanidine groups is 1.